The van der Waals surface area contributed by atoms with Gasteiger partial charge in [-0.15, -0.1) is 5.10 Å². The Morgan fingerprint density at radius 1 is 0.632 bits per heavy atom. The molecule has 26 heteroatoms. The first-order valence-electron chi connectivity index (χ1n) is 30.6. The number of rotatable bonds is 48. The van der Waals surface area contributed by atoms with E-state index >= 15 is 0 Å². The third kappa shape index (κ3) is 30.0. The highest BCUT2D eigenvalue weighted by molar-refractivity contribution is 6.03. The summed E-state index contributed by atoms with van der Waals surface area (Å²) in [6, 6.07) is 14.8. The van der Waals surface area contributed by atoms with Crippen molar-refractivity contribution in [1.29, 1.82) is 0 Å². The minimum Gasteiger partial charge on any atom is -0.377 e. The molecule has 1 unspecified atom stereocenters. The molecule has 0 bridgehead atoms. The number of likely N-dealkylation sites (tertiary alicyclic amines) is 1. The van der Waals surface area contributed by atoms with Gasteiger partial charge in [0, 0.05) is 43.5 Å². The maximum atomic E-state index is 13.7. The van der Waals surface area contributed by atoms with Crippen LogP contribution >= 0.6 is 0 Å². The molecule has 2 aromatic carbocycles. The van der Waals surface area contributed by atoms with Gasteiger partial charge in [-0.25, -0.2) is 4.68 Å². The Labute approximate surface area is 510 Å². The number of nitrogens with one attached hydrogen (secondary N) is 5. The van der Waals surface area contributed by atoms with Crippen LogP contribution in [0.3, 0.4) is 0 Å². The topological polar surface area (TPSA) is 323 Å². The van der Waals surface area contributed by atoms with E-state index in [0.29, 0.717) is 156 Å². The zero-order chi connectivity index (χ0) is 62.1. The molecule has 2 aliphatic rings. The van der Waals surface area contributed by atoms with Crippen molar-refractivity contribution in [3.05, 3.63) is 77.6 Å². The number of carbonyl (C=O) groups excluding carboxylic acids is 7. The van der Waals surface area contributed by atoms with Crippen molar-refractivity contribution in [3.63, 3.8) is 0 Å². The zero-order valence-electron chi connectivity index (χ0n) is 50.9. The van der Waals surface area contributed by atoms with E-state index in [9.17, 15) is 33.6 Å². The molecule has 26 nitrogen and oxygen atoms in total. The largest absolute Gasteiger partial charge is 0.377 e. The summed E-state index contributed by atoms with van der Waals surface area (Å²) < 4.78 is 51.4. The lowest BCUT2D eigenvalue weighted by Crippen LogP contribution is -2.54. The number of unbranched alkanes of at least 4 members (excludes halogenated alkanes) is 1. The fraction of sp³-hybridized carbons (Fsp3) is 0.656. The number of imide groups is 1. The second-order valence-corrected chi connectivity index (χ2v) is 21.3. The summed E-state index contributed by atoms with van der Waals surface area (Å²) in [5.74, 6) is -2.21. The predicted octanol–water partition coefficient (Wildman–Crippen LogP) is 1.90. The van der Waals surface area contributed by atoms with Gasteiger partial charge in [-0.3, -0.25) is 38.5 Å². The Hall–Kier alpha value is -6.33. The smallest absolute Gasteiger partial charge is 0.246 e. The standard InChI is InChI=1S/C61H94N10O16/c1-3-47-14-18-51(19-15-47)65-59(76)53(11-7-8-20-62)67-60(77)54(40-48-9-5-4-6-10-48)66-56(73)45-87-44-55(72)63-21-23-79-25-27-81-29-31-83-33-35-85-37-38-86-36-34-84-32-30-82-28-26-80-24-22-70-43-52(68-69-70)41-64-58(75)50-16-12-49(13-17-50)42-71-57(74)39-46(2)61(71)78/h4-6,9-10,14-15,18-19,43,46,49-50,53-54H,3,7-8,11-13,16-17,20-42,44-45,62H2,1-2H3,(H,63,72)(H,64,75)(H,65,76)(H,66,73)(H,67,77)/t46?,49?,50?,53-,54-/m0/s1. The summed E-state index contributed by atoms with van der Waals surface area (Å²) in [4.78, 5) is 91.1. The number of ether oxygens (including phenoxy) is 9. The second-order valence-electron chi connectivity index (χ2n) is 21.3. The highest BCUT2D eigenvalue weighted by Gasteiger charge is 2.38. The first kappa shape index (κ1) is 71.4. The molecule has 87 heavy (non-hydrogen) atoms. The lowest BCUT2D eigenvalue weighted by molar-refractivity contribution is -0.140. The fourth-order valence-electron chi connectivity index (χ4n) is 9.49. The van der Waals surface area contributed by atoms with Crippen LogP contribution < -0.4 is 32.3 Å². The summed E-state index contributed by atoms with van der Waals surface area (Å²) in [5.41, 5.74) is 8.90. The summed E-state index contributed by atoms with van der Waals surface area (Å²) in [5, 5.41) is 22.4. The van der Waals surface area contributed by atoms with Crippen LogP contribution in [-0.2, 0) is 102 Å². The molecule has 5 rings (SSSR count). The molecule has 7 amide bonds. The minimum atomic E-state index is -1.03. The van der Waals surface area contributed by atoms with Crippen LogP contribution in [0.1, 0.15) is 82.0 Å². The molecule has 1 saturated heterocycles. The first-order chi connectivity index (χ1) is 42.4. The Kier molecular flexibility index (Phi) is 35.6. The van der Waals surface area contributed by atoms with Gasteiger partial charge in [-0.2, -0.15) is 0 Å². The van der Waals surface area contributed by atoms with Gasteiger partial charge in [-0.05, 0) is 87.1 Å². The van der Waals surface area contributed by atoms with E-state index in [0.717, 1.165) is 43.2 Å². The fourth-order valence-corrected chi connectivity index (χ4v) is 9.49. The van der Waals surface area contributed by atoms with Crippen LogP contribution in [0.2, 0.25) is 0 Å². The van der Waals surface area contributed by atoms with E-state index in [4.69, 9.17) is 48.4 Å². The molecule has 484 valence electrons. The number of hydrogen-bond acceptors (Lipinski definition) is 19. The van der Waals surface area contributed by atoms with Crippen molar-refractivity contribution < 1.29 is 76.2 Å². The Morgan fingerprint density at radius 3 is 1.77 bits per heavy atom. The van der Waals surface area contributed by atoms with Crippen molar-refractivity contribution in [2.75, 3.05) is 144 Å². The van der Waals surface area contributed by atoms with E-state index in [-0.39, 0.29) is 74.1 Å². The third-order valence-corrected chi connectivity index (χ3v) is 14.4. The number of nitrogens with zero attached hydrogens (tertiary/aromatic N) is 4. The Morgan fingerprint density at radius 2 is 1.21 bits per heavy atom. The number of benzene rings is 2. The molecule has 0 spiro atoms. The summed E-state index contributed by atoms with van der Waals surface area (Å²) in [6.45, 7) is 11.3. The number of carbonyl (C=O) groups is 7. The molecule has 2 heterocycles. The highest BCUT2D eigenvalue weighted by atomic mass is 16.6. The number of hydrogen-bond donors (Lipinski definition) is 6. The molecule has 0 radical (unpaired) electrons. The molecule has 7 N–H and O–H groups in total. The van der Waals surface area contributed by atoms with Crippen LogP contribution in [-0.4, -0.2) is 212 Å². The monoisotopic (exact) mass is 1220 g/mol. The first-order valence-corrected chi connectivity index (χ1v) is 30.6. The average Bonchev–Trinajstić information content (AvgIpc) is 3.31. The third-order valence-electron chi connectivity index (χ3n) is 14.4. The number of amides is 7. The predicted molar refractivity (Wildman–Crippen MR) is 320 cm³/mol. The molecule has 3 atom stereocenters. The number of aryl methyl sites for hydroxylation is 1. The van der Waals surface area contributed by atoms with Crippen LogP contribution in [0.4, 0.5) is 5.69 Å². The maximum Gasteiger partial charge on any atom is 0.246 e. The van der Waals surface area contributed by atoms with Gasteiger partial charge < -0.3 is 74.9 Å². The van der Waals surface area contributed by atoms with Crippen LogP contribution in [0, 0.1) is 17.8 Å². The van der Waals surface area contributed by atoms with Crippen LogP contribution in [0.5, 0.6) is 0 Å². The van der Waals surface area contributed by atoms with Crippen molar-refractivity contribution in [3.8, 4) is 0 Å². The maximum absolute atomic E-state index is 13.7. The molecular formula is C61H94N10O16. The van der Waals surface area contributed by atoms with Gasteiger partial charge in [0.15, 0.2) is 0 Å². The normalized spacial score (nSPS) is 16.6. The van der Waals surface area contributed by atoms with Gasteiger partial charge in [0.05, 0.1) is 125 Å². The minimum absolute atomic E-state index is 0.0107. The van der Waals surface area contributed by atoms with Crippen molar-refractivity contribution in [2.45, 2.75) is 103 Å². The van der Waals surface area contributed by atoms with E-state index in [1.54, 1.807) is 17.8 Å². The van der Waals surface area contributed by atoms with E-state index in [1.165, 1.54) is 4.90 Å². The highest BCUT2D eigenvalue weighted by Crippen LogP contribution is 2.31. The zero-order valence-corrected chi connectivity index (χ0v) is 50.9. The van der Waals surface area contributed by atoms with Gasteiger partial charge in [-0.1, -0.05) is 61.5 Å². The lowest BCUT2D eigenvalue weighted by atomic mass is 9.81. The summed E-state index contributed by atoms with van der Waals surface area (Å²) >= 11 is 0. The molecular weight excluding hydrogens is 1130 g/mol. The van der Waals surface area contributed by atoms with Crippen LogP contribution in [0.25, 0.3) is 0 Å². The second kappa shape index (κ2) is 43.3. The van der Waals surface area contributed by atoms with Gasteiger partial charge >= 0.3 is 0 Å². The molecule has 1 aromatic heterocycles. The number of aromatic nitrogens is 3. The molecule has 1 saturated carbocycles. The summed E-state index contributed by atoms with van der Waals surface area (Å²) in [7, 11) is 0. The van der Waals surface area contributed by atoms with E-state index in [2.05, 4.69) is 36.9 Å². The van der Waals surface area contributed by atoms with Gasteiger partial charge in [0.25, 0.3) is 0 Å². The van der Waals surface area contributed by atoms with Gasteiger partial charge in [0.2, 0.25) is 41.4 Å². The number of nitrogens with two attached hydrogens (primary N) is 1. The molecule has 2 fully saturated rings. The average molecular weight is 1220 g/mol. The Balaban J connectivity index is 0.750. The molecule has 1 aliphatic heterocycles. The van der Waals surface area contributed by atoms with Crippen molar-refractivity contribution >= 4 is 47.0 Å². The lowest BCUT2D eigenvalue weighted by Gasteiger charge is -2.30. The van der Waals surface area contributed by atoms with Crippen molar-refractivity contribution in [2.24, 2.45) is 23.5 Å². The SMILES string of the molecule is CCc1ccc(NC(=O)[C@H](CCCCN)NC(=O)[C@H](Cc2ccccc2)NC(=O)COCC(=O)NCCOCCOCCOCCOCCOCCOCCOCCOCCn2cc(CNC(=O)C3CCC(CN4C(=O)CC(C)C4=O)CC3)nn2)cc1. The van der Waals surface area contributed by atoms with Crippen LogP contribution in [0.15, 0.2) is 60.8 Å². The van der Waals surface area contributed by atoms with E-state index in [1.807, 2.05) is 61.5 Å². The molecule has 1 aliphatic carbocycles. The quantitative estimate of drug-likeness (QED) is 0.0347. The summed E-state index contributed by atoms with van der Waals surface area (Å²) in [6.07, 6.45) is 7.83. The van der Waals surface area contributed by atoms with Crippen molar-refractivity contribution in [1.82, 2.24) is 41.2 Å². The number of anilines is 1. The van der Waals surface area contributed by atoms with E-state index < -0.39 is 36.4 Å². The molecule has 3 aromatic rings. The van der Waals surface area contributed by atoms with Gasteiger partial charge in [0.1, 0.15) is 31.0 Å². The Bertz CT molecular complexity index is 2450.